The van der Waals surface area contributed by atoms with Crippen LogP contribution in [0.3, 0.4) is 0 Å². The van der Waals surface area contributed by atoms with Gasteiger partial charge in [-0.1, -0.05) is 41.6 Å². The van der Waals surface area contributed by atoms with Crippen molar-refractivity contribution < 1.29 is 9.53 Å². The van der Waals surface area contributed by atoms with Crippen LogP contribution in [0, 0.1) is 0 Å². The minimum atomic E-state index is -0.0967. The average Bonchev–Trinajstić information content (AvgIpc) is 3.42. The molecule has 4 rings (SSSR count). The number of rotatable bonds is 6. The topological polar surface area (TPSA) is 60.2 Å². The monoisotopic (exact) mass is 348 g/mol. The number of amides is 1. The van der Waals surface area contributed by atoms with E-state index in [1.54, 1.807) is 18.0 Å². The van der Waals surface area contributed by atoms with Gasteiger partial charge in [0.15, 0.2) is 5.69 Å². The van der Waals surface area contributed by atoms with Crippen LogP contribution in [0.4, 0.5) is 0 Å². The maximum Gasteiger partial charge on any atom is 0.276 e. The Morgan fingerprint density at radius 3 is 2.62 bits per heavy atom. The molecule has 0 unspecified atom stereocenters. The minimum Gasteiger partial charge on any atom is -0.496 e. The highest BCUT2D eigenvalue weighted by Crippen LogP contribution is 2.31. The Balaban J connectivity index is 1.58. The Labute approximate surface area is 152 Å². The van der Waals surface area contributed by atoms with E-state index in [4.69, 9.17) is 4.74 Å². The second kappa shape index (κ2) is 7.00. The van der Waals surface area contributed by atoms with Gasteiger partial charge in [0.25, 0.3) is 5.91 Å². The van der Waals surface area contributed by atoms with E-state index in [0.717, 1.165) is 29.8 Å². The number of carbonyl (C=O) groups excluding carboxylic acids is 1. The van der Waals surface area contributed by atoms with E-state index in [2.05, 4.69) is 10.3 Å². The van der Waals surface area contributed by atoms with E-state index < -0.39 is 0 Å². The summed E-state index contributed by atoms with van der Waals surface area (Å²) in [6.07, 6.45) is 3.73. The summed E-state index contributed by atoms with van der Waals surface area (Å²) in [5, 5.41) is 8.20. The number of hydrogen-bond acceptors (Lipinski definition) is 4. The molecular weight excluding hydrogens is 328 g/mol. The van der Waals surface area contributed by atoms with Crippen molar-refractivity contribution in [2.24, 2.45) is 0 Å². The Bertz CT molecular complexity index is 903. The number of carbonyl (C=O) groups is 1. The predicted molar refractivity (Wildman–Crippen MR) is 97.2 cm³/mol. The normalized spacial score (nSPS) is 13.4. The van der Waals surface area contributed by atoms with E-state index in [-0.39, 0.29) is 11.9 Å². The molecule has 2 aromatic carbocycles. The number of hydrogen-bond donors (Lipinski definition) is 0. The summed E-state index contributed by atoms with van der Waals surface area (Å²) < 4.78 is 7.05. The minimum absolute atomic E-state index is 0.0967. The largest absolute Gasteiger partial charge is 0.496 e. The maximum atomic E-state index is 13.0. The molecule has 1 aliphatic rings. The van der Waals surface area contributed by atoms with Crippen molar-refractivity contribution in [1.82, 2.24) is 19.9 Å². The van der Waals surface area contributed by atoms with Gasteiger partial charge in [0.05, 0.1) is 19.0 Å². The SMILES string of the molecule is COc1ccccc1CN(C(=O)c1cn(-c2ccccc2)nn1)C1CC1. The smallest absolute Gasteiger partial charge is 0.276 e. The molecule has 26 heavy (non-hydrogen) atoms. The zero-order valence-electron chi connectivity index (χ0n) is 14.6. The molecule has 0 atom stereocenters. The molecule has 6 nitrogen and oxygen atoms in total. The van der Waals surface area contributed by atoms with Crippen molar-refractivity contribution >= 4 is 5.91 Å². The molecular formula is C20H20N4O2. The molecule has 1 aromatic heterocycles. The molecule has 1 saturated carbocycles. The molecule has 132 valence electrons. The van der Waals surface area contributed by atoms with Gasteiger partial charge >= 0.3 is 0 Å². The molecule has 1 amide bonds. The van der Waals surface area contributed by atoms with Crippen LogP contribution in [0.15, 0.2) is 60.8 Å². The average molecular weight is 348 g/mol. The van der Waals surface area contributed by atoms with Gasteiger partial charge in [0, 0.05) is 18.2 Å². The number of aromatic nitrogens is 3. The van der Waals surface area contributed by atoms with Gasteiger partial charge in [-0.25, -0.2) is 4.68 Å². The van der Waals surface area contributed by atoms with Crippen LogP contribution in [0.5, 0.6) is 5.75 Å². The molecule has 6 heteroatoms. The van der Waals surface area contributed by atoms with Crippen molar-refractivity contribution in [2.45, 2.75) is 25.4 Å². The highest BCUT2D eigenvalue weighted by Gasteiger charge is 2.34. The first kappa shape index (κ1) is 16.3. The van der Waals surface area contributed by atoms with Gasteiger partial charge in [-0.2, -0.15) is 0 Å². The van der Waals surface area contributed by atoms with Crippen molar-refractivity contribution in [1.29, 1.82) is 0 Å². The second-order valence-corrected chi connectivity index (χ2v) is 6.36. The molecule has 0 N–H and O–H groups in total. The summed E-state index contributed by atoms with van der Waals surface area (Å²) in [5.74, 6) is 0.694. The lowest BCUT2D eigenvalue weighted by Gasteiger charge is -2.22. The summed E-state index contributed by atoms with van der Waals surface area (Å²) in [5.41, 5.74) is 2.23. The number of ether oxygens (including phenoxy) is 1. The summed E-state index contributed by atoms with van der Waals surface area (Å²) >= 11 is 0. The molecule has 0 bridgehead atoms. The van der Waals surface area contributed by atoms with Gasteiger partial charge in [-0.15, -0.1) is 5.10 Å². The summed E-state index contributed by atoms with van der Waals surface area (Å²) in [6.45, 7) is 0.506. The van der Waals surface area contributed by atoms with Crippen LogP contribution in [0.1, 0.15) is 28.9 Å². The molecule has 1 heterocycles. The van der Waals surface area contributed by atoms with E-state index in [0.29, 0.717) is 12.2 Å². The Kier molecular flexibility index (Phi) is 4.39. The van der Waals surface area contributed by atoms with Crippen LogP contribution in [0.2, 0.25) is 0 Å². The molecule has 1 fully saturated rings. The number of nitrogens with zero attached hydrogens (tertiary/aromatic N) is 4. The maximum absolute atomic E-state index is 13.0. The first-order valence-electron chi connectivity index (χ1n) is 8.67. The lowest BCUT2D eigenvalue weighted by Crippen LogP contribution is -2.33. The molecule has 0 spiro atoms. The van der Waals surface area contributed by atoms with Gasteiger partial charge in [0.1, 0.15) is 5.75 Å². The van der Waals surface area contributed by atoms with Gasteiger partial charge in [-0.3, -0.25) is 4.79 Å². The van der Waals surface area contributed by atoms with E-state index >= 15 is 0 Å². The zero-order chi connectivity index (χ0) is 17.9. The lowest BCUT2D eigenvalue weighted by molar-refractivity contribution is 0.0722. The van der Waals surface area contributed by atoms with Gasteiger partial charge in [0.2, 0.25) is 0 Å². The van der Waals surface area contributed by atoms with Crippen molar-refractivity contribution in [3.05, 3.63) is 72.1 Å². The summed E-state index contributed by atoms with van der Waals surface area (Å²) in [6, 6.07) is 17.7. The third-order valence-corrected chi connectivity index (χ3v) is 4.51. The first-order chi connectivity index (χ1) is 12.8. The van der Waals surface area contributed by atoms with Gasteiger partial charge < -0.3 is 9.64 Å². The Hall–Kier alpha value is -3.15. The van der Waals surface area contributed by atoms with Crippen molar-refractivity contribution in [2.75, 3.05) is 7.11 Å². The number of methoxy groups -OCH3 is 1. The van der Waals surface area contributed by atoms with Crippen LogP contribution in [0.25, 0.3) is 5.69 Å². The highest BCUT2D eigenvalue weighted by atomic mass is 16.5. The predicted octanol–water partition coefficient (Wildman–Crippen LogP) is 3.08. The zero-order valence-corrected chi connectivity index (χ0v) is 14.6. The van der Waals surface area contributed by atoms with Crippen LogP contribution in [-0.2, 0) is 6.54 Å². The molecule has 1 aliphatic carbocycles. The van der Waals surface area contributed by atoms with E-state index in [1.807, 2.05) is 59.5 Å². The molecule has 0 saturated heterocycles. The van der Waals surface area contributed by atoms with E-state index in [1.165, 1.54) is 0 Å². The molecule has 0 aliphatic heterocycles. The Morgan fingerprint density at radius 2 is 1.88 bits per heavy atom. The van der Waals surface area contributed by atoms with E-state index in [9.17, 15) is 4.79 Å². The van der Waals surface area contributed by atoms with Crippen LogP contribution >= 0.6 is 0 Å². The third-order valence-electron chi connectivity index (χ3n) is 4.51. The fraction of sp³-hybridized carbons (Fsp3) is 0.250. The second-order valence-electron chi connectivity index (χ2n) is 6.36. The summed E-state index contributed by atoms with van der Waals surface area (Å²) in [4.78, 5) is 14.9. The first-order valence-corrected chi connectivity index (χ1v) is 8.67. The third kappa shape index (κ3) is 3.31. The lowest BCUT2D eigenvalue weighted by atomic mass is 10.1. The summed E-state index contributed by atoms with van der Waals surface area (Å²) in [7, 11) is 1.65. The molecule has 0 radical (unpaired) electrons. The van der Waals surface area contributed by atoms with Crippen molar-refractivity contribution in [3.8, 4) is 11.4 Å². The van der Waals surface area contributed by atoms with Gasteiger partial charge in [-0.05, 0) is 31.0 Å². The quantitative estimate of drug-likeness (QED) is 0.687. The van der Waals surface area contributed by atoms with Crippen molar-refractivity contribution in [3.63, 3.8) is 0 Å². The Morgan fingerprint density at radius 1 is 1.15 bits per heavy atom. The van der Waals surface area contributed by atoms with Crippen LogP contribution in [-0.4, -0.2) is 39.0 Å². The number of para-hydroxylation sites is 2. The number of benzene rings is 2. The van der Waals surface area contributed by atoms with Crippen LogP contribution < -0.4 is 4.74 Å². The fourth-order valence-corrected chi connectivity index (χ4v) is 2.99. The molecule has 3 aromatic rings. The standard InChI is InChI=1S/C20H20N4O2/c1-26-19-10-6-5-7-15(19)13-23(16-11-12-16)20(25)18-14-24(22-21-18)17-8-3-2-4-9-17/h2-10,14,16H,11-13H2,1H3. The highest BCUT2D eigenvalue weighted by molar-refractivity contribution is 5.92. The fourth-order valence-electron chi connectivity index (χ4n) is 2.99.